The summed E-state index contributed by atoms with van der Waals surface area (Å²) in [5.74, 6) is 0. The van der Waals surface area contributed by atoms with Gasteiger partial charge in [-0.05, 0) is 11.8 Å². The van der Waals surface area contributed by atoms with Gasteiger partial charge in [0.1, 0.15) is 0 Å². The van der Waals surface area contributed by atoms with E-state index < -0.39 is 6.10 Å². The van der Waals surface area contributed by atoms with Crippen LogP contribution in [0.4, 0.5) is 0 Å². The van der Waals surface area contributed by atoms with Gasteiger partial charge in [0, 0.05) is 0 Å². The van der Waals surface area contributed by atoms with Crippen molar-refractivity contribution in [1.82, 2.24) is 0 Å². The average molecular weight is 154 g/mol. The van der Waals surface area contributed by atoms with E-state index in [9.17, 15) is 5.11 Å². The third-order valence-corrected chi connectivity index (χ3v) is 1.79. The van der Waals surface area contributed by atoms with E-state index in [0.717, 1.165) is 5.57 Å². The summed E-state index contributed by atoms with van der Waals surface area (Å²) < 4.78 is 0. The molecular weight excluding hydrogens is 136 g/mol. The highest BCUT2D eigenvalue weighted by molar-refractivity contribution is 5.08. The van der Waals surface area contributed by atoms with E-state index in [4.69, 9.17) is 0 Å². The van der Waals surface area contributed by atoms with Gasteiger partial charge in [0.2, 0.25) is 0 Å². The number of rotatable bonds is 3. The number of hydrogen-bond donors (Lipinski definition) is 1. The van der Waals surface area contributed by atoms with Crippen molar-refractivity contribution < 1.29 is 5.11 Å². The normalized spacial score (nSPS) is 14.2. The molecule has 0 spiro atoms. The van der Waals surface area contributed by atoms with Crippen molar-refractivity contribution in [2.75, 3.05) is 0 Å². The first-order chi connectivity index (χ1) is 4.88. The lowest BCUT2D eigenvalue weighted by molar-refractivity contribution is 0.216. The molecule has 1 nitrogen and oxygen atoms in total. The highest BCUT2D eigenvalue weighted by Gasteiger charge is 2.16. The molecule has 0 aliphatic carbocycles. The Bertz CT molecular complexity index is 151. The predicted octanol–water partition coefficient (Wildman–Crippen LogP) is 2.53. The fourth-order valence-electron chi connectivity index (χ4n) is 0.642. The molecule has 1 unspecified atom stereocenters. The van der Waals surface area contributed by atoms with Gasteiger partial charge in [-0.3, -0.25) is 0 Å². The molecule has 0 rings (SSSR count). The van der Waals surface area contributed by atoms with Crippen molar-refractivity contribution in [2.24, 2.45) is 5.41 Å². The summed E-state index contributed by atoms with van der Waals surface area (Å²) in [7, 11) is 0. The topological polar surface area (TPSA) is 20.2 Å². The maximum atomic E-state index is 9.21. The SMILES string of the molecule is C=CC(O)CC(=C)C(C)(C)C. The molecule has 0 aromatic carbocycles. The minimum absolute atomic E-state index is 0.0873. The molecule has 0 heterocycles. The van der Waals surface area contributed by atoms with E-state index in [0.29, 0.717) is 6.42 Å². The van der Waals surface area contributed by atoms with Gasteiger partial charge in [0.05, 0.1) is 6.10 Å². The molecule has 0 saturated carbocycles. The van der Waals surface area contributed by atoms with Crippen LogP contribution in [0.25, 0.3) is 0 Å². The standard InChI is InChI=1S/C10H18O/c1-6-9(11)7-8(2)10(3,4)5/h6,9,11H,1-2,7H2,3-5H3. The second-order valence-corrected chi connectivity index (χ2v) is 3.86. The van der Waals surface area contributed by atoms with Gasteiger partial charge >= 0.3 is 0 Å². The molecule has 0 saturated heterocycles. The van der Waals surface area contributed by atoms with Crippen molar-refractivity contribution in [3.05, 3.63) is 24.8 Å². The Morgan fingerprint density at radius 3 is 2.27 bits per heavy atom. The summed E-state index contributed by atoms with van der Waals surface area (Å²) in [6.45, 7) is 13.7. The molecule has 11 heavy (non-hydrogen) atoms. The Morgan fingerprint density at radius 1 is 1.55 bits per heavy atom. The zero-order chi connectivity index (χ0) is 9.07. The van der Waals surface area contributed by atoms with Crippen molar-refractivity contribution >= 4 is 0 Å². The third kappa shape index (κ3) is 3.99. The van der Waals surface area contributed by atoms with Gasteiger partial charge in [-0.15, -0.1) is 6.58 Å². The maximum absolute atomic E-state index is 9.21. The summed E-state index contributed by atoms with van der Waals surface area (Å²) >= 11 is 0. The van der Waals surface area contributed by atoms with Gasteiger partial charge in [0.15, 0.2) is 0 Å². The Morgan fingerprint density at radius 2 is 2.00 bits per heavy atom. The molecule has 1 N–H and O–H groups in total. The Hall–Kier alpha value is -0.560. The molecule has 0 fully saturated rings. The predicted molar refractivity (Wildman–Crippen MR) is 49.4 cm³/mol. The summed E-state index contributed by atoms with van der Waals surface area (Å²) in [6, 6.07) is 0. The zero-order valence-corrected chi connectivity index (χ0v) is 7.72. The molecule has 0 aromatic rings. The van der Waals surface area contributed by atoms with Crippen molar-refractivity contribution in [2.45, 2.75) is 33.3 Å². The summed E-state index contributed by atoms with van der Waals surface area (Å²) in [5, 5.41) is 9.21. The van der Waals surface area contributed by atoms with Crippen molar-refractivity contribution in [3.8, 4) is 0 Å². The van der Waals surface area contributed by atoms with Crippen LogP contribution in [0.2, 0.25) is 0 Å². The molecule has 1 atom stereocenters. The van der Waals surface area contributed by atoms with Crippen LogP contribution in [-0.2, 0) is 0 Å². The van der Waals surface area contributed by atoms with E-state index >= 15 is 0 Å². The second-order valence-electron chi connectivity index (χ2n) is 3.86. The quantitative estimate of drug-likeness (QED) is 0.619. The van der Waals surface area contributed by atoms with Gasteiger partial charge in [-0.1, -0.05) is 39.0 Å². The minimum atomic E-state index is -0.443. The summed E-state index contributed by atoms with van der Waals surface area (Å²) in [4.78, 5) is 0. The Balaban J connectivity index is 3.98. The Kier molecular flexibility index (Phi) is 3.53. The second kappa shape index (κ2) is 3.72. The van der Waals surface area contributed by atoms with Crippen molar-refractivity contribution in [1.29, 1.82) is 0 Å². The van der Waals surface area contributed by atoms with Crippen LogP contribution in [0.5, 0.6) is 0 Å². The molecule has 0 amide bonds. The van der Waals surface area contributed by atoms with Gasteiger partial charge in [-0.25, -0.2) is 0 Å². The fourth-order valence-corrected chi connectivity index (χ4v) is 0.642. The minimum Gasteiger partial charge on any atom is -0.389 e. The van der Waals surface area contributed by atoms with Crippen molar-refractivity contribution in [3.63, 3.8) is 0 Å². The molecule has 1 heteroatoms. The third-order valence-electron chi connectivity index (χ3n) is 1.79. The van der Waals surface area contributed by atoms with E-state index in [1.165, 1.54) is 6.08 Å². The molecule has 0 radical (unpaired) electrons. The number of aliphatic hydroxyl groups is 1. The molecule has 64 valence electrons. The van der Waals surface area contributed by atoms with Gasteiger partial charge < -0.3 is 5.11 Å². The summed E-state index contributed by atoms with van der Waals surface area (Å²) in [6.07, 6.45) is 1.71. The summed E-state index contributed by atoms with van der Waals surface area (Å²) in [5.41, 5.74) is 1.15. The molecule has 0 aliphatic rings. The smallest absolute Gasteiger partial charge is 0.0755 e. The van der Waals surface area contributed by atoms with Crippen LogP contribution >= 0.6 is 0 Å². The van der Waals surface area contributed by atoms with Crippen LogP contribution in [-0.4, -0.2) is 11.2 Å². The molecule has 0 bridgehead atoms. The highest BCUT2D eigenvalue weighted by atomic mass is 16.3. The lowest BCUT2D eigenvalue weighted by atomic mass is 9.84. The monoisotopic (exact) mass is 154 g/mol. The van der Waals surface area contributed by atoms with Crippen LogP contribution in [0.3, 0.4) is 0 Å². The van der Waals surface area contributed by atoms with Crippen LogP contribution < -0.4 is 0 Å². The van der Waals surface area contributed by atoms with E-state index in [1.54, 1.807) is 0 Å². The highest BCUT2D eigenvalue weighted by Crippen LogP contribution is 2.27. The maximum Gasteiger partial charge on any atom is 0.0755 e. The largest absolute Gasteiger partial charge is 0.389 e. The molecule has 0 aliphatic heterocycles. The lowest BCUT2D eigenvalue weighted by Crippen LogP contribution is -2.13. The zero-order valence-electron chi connectivity index (χ0n) is 7.72. The number of aliphatic hydroxyl groups excluding tert-OH is 1. The van der Waals surface area contributed by atoms with Gasteiger partial charge in [0.25, 0.3) is 0 Å². The average Bonchev–Trinajstić information content (AvgIpc) is 1.85. The Labute approximate surface area is 69.4 Å². The molecule has 0 aromatic heterocycles. The number of hydrogen-bond acceptors (Lipinski definition) is 1. The molecular formula is C10H18O. The van der Waals surface area contributed by atoms with E-state index in [2.05, 4.69) is 33.9 Å². The van der Waals surface area contributed by atoms with Crippen LogP contribution in [0.15, 0.2) is 24.8 Å². The lowest BCUT2D eigenvalue weighted by Gasteiger charge is -2.22. The van der Waals surface area contributed by atoms with E-state index in [1.807, 2.05) is 0 Å². The van der Waals surface area contributed by atoms with Crippen LogP contribution in [0, 0.1) is 5.41 Å². The van der Waals surface area contributed by atoms with Gasteiger partial charge in [-0.2, -0.15) is 0 Å². The van der Waals surface area contributed by atoms with E-state index in [-0.39, 0.29) is 5.41 Å². The van der Waals surface area contributed by atoms with Crippen LogP contribution in [0.1, 0.15) is 27.2 Å². The first kappa shape index (κ1) is 10.4. The first-order valence-corrected chi connectivity index (χ1v) is 3.87. The first-order valence-electron chi connectivity index (χ1n) is 3.87. The fraction of sp³-hybridized carbons (Fsp3) is 0.600.